The third-order valence-electron chi connectivity index (χ3n) is 5.20. The molecule has 0 spiro atoms. The maximum Gasteiger partial charge on any atom is 0.233 e. The first-order valence-corrected chi connectivity index (χ1v) is 11.6. The topological polar surface area (TPSA) is 71.0 Å². The predicted molar refractivity (Wildman–Crippen MR) is 123 cm³/mol. The highest BCUT2D eigenvalue weighted by Gasteiger charge is 2.19. The molecule has 0 aromatic heterocycles. The summed E-state index contributed by atoms with van der Waals surface area (Å²) >= 11 is 0. The van der Waals surface area contributed by atoms with Gasteiger partial charge in [0.15, 0.2) is 0 Å². The molecule has 0 bridgehead atoms. The van der Waals surface area contributed by atoms with Crippen LogP contribution in [0.25, 0.3) is 10.8 Å². The lowest BCUT2D eigenvalue weighted by Gasteiger charge is -2.19. The average molecular weight is 424 g/mol. The third-order valence-corrected chi connectivity index (χ3v) is 6.49. The van der Waals surface area contributed by atoms with Crippen molar-refractivity contribution < 1.29 is 13.2 Å². The van der Waals surface area contributed by atoms with Gasteiger partial charge in [0.1, 0.15) is 5.75 Å². The average Bonchev–Trinajstić information content (AvgIpc) is 3.18. The van der Waals surface area contributed by atoms with E-state index in [9.17, 15) is 8.42 Å². The summed E-state index contributed by atoms with van der Waals surface area (Å²) in [6.45, 7) is 2.81. The highest BCUT2D eigenvalue weighted by Crippen LogP contribution is 2.32. The molecule has 0 amide bonds. The van der Waals surface area contributed by atoms with Crippen LogP contribution in [0.3, 0.4) is 0 Å². The van der Waals surface area contributed by atoms with Gasteiger partial charge in [-0.3, -0.25) is 9.71 Å². The maximum absolute atomic E-state index is 12.7. The molecular formula is C23H25N3O3S. The number of aryl methyl sites for hydroxylation is 1. The van der Waals surface area contributed by atoms with Gasteiger partial charge in [-0.15, -0.1) is 0 Å². The first-order valence-electron chi connectivity index (χ1n) is 9.90. The van der Waals surface area contributed by atoms with Crippen LogP contribution in [0.2, 0.25) is 0 Å². The van der Waals surface area contributed by atoms with Crippen molar-refractivity contribution in [3.05, 3.63) is 66.2 Å². The molecule has 1 unspecified atom stereocenters. The Bertz CT molecular complexity index is 1190. The molecular weight excluding hydrogens is 398 g/mol. The van der Waals surface area contributed by atoms with Gasteiger partial charge in [-0.05, 0) is 41.8 Å². The molecule has 1 N–H and O–H groups in total. The van der Waals surface area contributed by atoms with Crippen molar-refractivity contribution in [1.29, 1.82) is 0 Å². The molecule has 30 heavy (non-hydrogen) atoms. The van der Waals surface area contributed by atoms with Crippen LogP contribution in [0, 0.1) is 0 Å². The van der Waals surface area contributed by atoms with Crippen molar-refractivity contribution in [3.8, 4) is 5.75 Å². The summed E-state index contributed by atoms with van der Waals surface area (Å²) in [7, 11) is -1.93. The van der Waals surface area contributed by atoms with Crippen LogP contribution < -0.4 is 14.4 Å². The van der Waals surface area contributed by atoms with Crippen molar-refractivity contribution in [3.63, 3.8) is 0 Å². The Morgan fingerprint density at radius 2 is 1.93 bits per heavy atom. The molecule has 3 aromatic carbocycles. The fourth-order valence-corrected chi connectivity index (χ4v) is 4.77. The lowest BCUT2D eigenvalue weighted by Crippen LogP contribution is -2.22. The lowest BCUT2D eigenvalue weighted by atomic mass is 10.0. The lowest BCUT2D eigenvalue weighted by molar-refractivity contribution is 0.416. The molecule has 6 nitrogen and oxygen atoms in total. The van der Waals surface area contributed by atoms with Gasteiger partial charge in [0.05, 0.1) is 36.6 Å². The number of ether oxygens (including phenoxy) is 1. The molecule has 1 aliphatic rings. The zero-order valence-electron chi connectivity index (χ0n) is 17.1. The van der Waals surface area contributed by atoms with Crippen molar-refractivity contribution in [2.24, 2.45) is 4.99 Å². The van der Waals surface area contributed by atoms with Gasteiger partial charge in [0.2, 0.25) is 10.0 Å². The van der Waals surface area contributed by atoms with Crippen LogP contribution in [0.4, 0.5) is 11.4 Å². The second-order valence-corrected chi connectivity index (χ2v) is 9.30. The molecule has 4 rings (SSSR count). The quantitative estimate of drug-likeness (QED) is 0.622. The molecule has 3 aromatic rings. The van der Waals surface area contributed by atoms with Crippen LogP contribution >= 0.6 is 0 Å². The second-order valence-electron chi connectivity index (χ2n) is 7.46. The van der Waals surface area contributed by atoms with Gasteiger partial charge < -0.3 is 9.64 Å². The van der Waals surface area contributed by atoms with Crippen molar-refractivity contribution in [2.75, 3.05) is 29.0 Å². The molecule has 7 heteroatoms. The first kappa shape index (κ1) is 20.2. The minimum absolute atomic E-state index is 0.00136. The molecule has 0 saturated heterocycles. The normalized spacial score (nSPS) is 16.2. The number of hydrogen-bond donors (Lipinski definition) is 1. The predicted octanol–water partition coefficient (Wildman–Crippen LogP) is 4.07. The molecule has 156 valence electrons. The standard InChI is InChI=1S/C23H25N3O3S/c1-17-15-26(16-24-17)22-11-10-20(14-23(22)29-2)25-30(27,28)13-12-19-8-5-7-18-6-3-4-9-21(18)19/h3-11,14,16-17,25H,12-13,15H2,1-2H3. The smallest absolute Gasteiger partial charge is 0.233 e. The van der Waals surface area contributed by atoms with Crippen molar-refractivity contribution >= 4 is 38.5 Å². The fourth-order valence-electron chi connectivity index (χ4n) is 3.70. The van der Waals surface area contributed by atoms with E-state index in [0.717, 1.165) is 28.6 Å². The Labute approximate surface area is 177 Å². The number of benzene rings is 3. The Balaban J connectivity index is 1.48. The Hall–Kier alpha value is -3.06. The van der Waals surface area contributed by atoms with E-state index in [0.29, 0.717) is 17.9 Å². The highest BCUT2D eigenvalue weighted by molar-refractivity contribution is 7.92. The summed E-state index contributed by atoms with van der Waals surface area (Å²) in [6, 6.07) is 19.5. The minimum Gasteiger partial charge on any atom is -0.494 e. The first-order chi connectivity index (χ1) is 14.4. The van der Waals surface area contributed by atoms with Crippen LogP contribution in [-0.2, 0) is 16.4 Å². The summed E-state index contributed by atoms with van der Waals surface area (Å²) in [5.74, 6) is 0.603. The molecule has 0 aliphatic carbocycles. The van der Waals surface area contributed by atoms with E-state index in [2.05, 4.69) is 9.71 Å². The Morgan fingerprint density at radius 3 is 2.70 bits per heavy atom. The highest BCUT2D eigenvalue weighted by atomic mass is 32.2. The number of rotatable bonds is 7. The summed E-state index contributed by atoms with van der Waals surface area (Å²) in [6.07, 6.45) is 2.23. The monoisotopic (exact) mass is 423 g/mol. The molecule has 1 atom stereocenters. The van der Waals surface area contributed by atoms with E-state index in [-0.39, 0.29) is 11.8 Å². The van der Waals surface area contributed by atoms with E-state index >= 15 is 0 Å². The summed E-state index contributed by atoms with van der Waals surface area (Å²) in [4.78, 5) is 6.36. The zero-order valence-corrected chi connectivity index (χ0v) is 17.9. The zero-order chi connectivity index (χ0) is 21.1. The van der Waals surface area contributed by atoms with Crippen molar-refractivity contribution in [2.45, 2.75) is 19.4 Å². The molecule has 1 heterocycles. The molecule has 0 radical (unpaired) electrons. The van der Waals surface area contributed by atoms with Gasteiger partial charge in [0, 0.05) is 12.6 Å². The van der Waals surface area contributed by atoms with Crippen LogP contribution in [0.15, 0.2) is 65.7 Å². The van der Waals surface area contributed by atoms with Gasteiger partial charge in [-0.1, -0.05) is 42.5 Å². The fraction of sp³-hybridized carbons (Fsp3) is 0.261. The summed E-state index contributed by atoms with van der Waals surface area (Å²) in [5, 5.41) is 2.20. The number of hydrogen-bond acceptors (Lipinski definition) is 5. The second kappa shape index (κ2) is 8.36. The van der Waals surface area contributed by atoms with E-state index in [4.69, 9.17) is 4.74 Å². The number of nitrogens with zero attached hydrogens (tertiary/aromatic N) is 2. The Kier molecular flexibility index (Phi) is 5.63. The number of methoxy groups -OCH3 is 1. The van der Waals surface area contributed by atoms with E-state index in [1.54, 1.807) is 25.6 Å². The number of anilines is 2. The van der Waals surface area contributed by atoms with Crippen LogP contribution in [0.5, 0.6) is 5.75 Å². The van der Waals surface area contributed by atoms with Gasteiger partial charge in [-0.25, -0.2) is 8.42 Å². The van der Waals surface area contributed by atoms with Crippen LogP contribution in [0.1, 0.15) is 12.5 Å². The molecule has 0 saturated carbocycles. The Morgan fingerprint density at radius 1 is 1.13 bits per heavy atom. The maximum atomic E-state index is 12.7. The largest absolute Gasteiger partial charge is 0.494 e. The van der Waals surface area contributed by atoms with E-state index in [1.165, 1.54) is 0 Å². The van der Waals surface area contributed by atoms with Gasteiger partial charge >= 0.3 is 0 Å². The van der Waals surface area contributed by atoms with Gasteiger partial charge in [-0.2, -0.15) is 0 Å². The van der Waals surface area contributed by atoms with Gasteiger partial charge in [0.25, 0.3) is 0 Å². The minimum atomic E-state index is -3.51. The molecule has 0 fully saturated rings. The van der Waals surface area contributed by atoms with Crippen LogP contribution in [-0.4, -0.2) is 40.2 Å². The number of nitrogens with one attached hydrogen (secondary N) is 1. The van der Waals surface area contributed by atoms with E-state index in [1.807, 2.05) is 60.4 Å². The number of sulfonamides is 1. The summed E-state index contributed by atoms with van der Waals surface area (Å²) < 4.78 is 33.6. The number of aliphatic imine (C=N–C) groups is 1. The third kappa shape index (κ3) is 4.41. The molecule has 1 aliphatic heterocycles. The SMILES string of the molecule is COc1cc(NS(=O)(=O)CCc2cccc3ccccc23)ccc1N1C=NC(C)C1. The van der Waals surface area contributed by atoms with Crippen molar-refractivity contribution in [1.82, 2.24) is 0 Å². The number of fused-ring (bicyclic) bond motifs is 1. The summed E-state index contributed by atoms with van der Waals surface area (Å²) in [5.41, 5.74) is 2.37. The van der Waals surface area contributed by atoms with E-state index < -0.39 is 10.0 Å².